The van der Waals surface area contributed by atoms with Crippen LogP contribution in [0.3, 0.4) is 0 Å². The van der Waals surface area contributed by atoms with E-state index in [-0.39, 0.29) is 191 Å². The van der Waals surface area contributed by atoms with Crippen LogP contribution in [0.2, 0.25) is 0 Å². The summed E-state index contributed by atoms with van der Waals surface area (Å²) in [4.78, 5) is 218. The molecular formula is C104H151F2N17O22S2. The molecule has 1 fully saturated rings. The van der Waals surface area contributed by atoms with Gasteiger partial charge in [-0.05, 0) is 181 Å². The minimum atomic E-state index is -1.94. The second-order valence-corrected chi connectivity index (χ2v) is 39.7. The maximum atomic E-state index is 15.6. The first-order chi connectivity index (χ1) is 70.7. The number of hydrogen-bond donors (Lipinski definition) is 19. The Kier molecular flexibility index (Phi) is 53.8. The Balaban J connectivity index is 0.915. The number of phenols is 1. The van der Waals surface area contributed by atoms with Crippen LogP contribution in [0.25, 0.3) is 21.8 Å². The van der Waals surface area contributed by atoms with Gasteiger partial charge < -0.3 is 124 Å². The third-order valence-electron chi connectivity index (χ3n) is 25.6. The normalized spacial score (nSPS) is 20.1. The summed E-state index contributed by atoms with van der Waals surface area (Å²) in [6.45, 7) is 6.35. The third-order valence-corrected chi connectivity index (χ3v) is 27.7. The Hall–Kier alpha value is -11.9. The first kappa shape index (κ1) is 120. The number of primary amides is 1. The number of H-pyrrole nitrogens is 2. The largest absolute Gasteiger partial charge is 0.508 e. The van der Waals surface area contributed by atoms with Crippen LogP contribution in [0.4, 0.5) is 8.78 Å². The Morgan fingerprint density at radius 1 is 0.544 bits per heavy atom. The van der Waals surface area contributed by atoms with E-state index in [4.69, 9.17) is 30.4 Å². The molecule has 0 radical (unpaired) electrons. The number of aliphatic carboxylic acids is 1. The molecule has 0 spiro atoms. The molecule has 6 aromatic rings. The fraction of sp³-hybridized carbons (Fsp3) is 0.587. The van der Waals surface area contributed by atoms with Gasteiger partial charge in [-0.25, -0.2) is 13.6 Å². The van der Waals surface area contributed by atoms with Crippen molar-refractivity contribution in [2.24, 2.45) is 11.5 Å². The number of carbonyl (C=O) groups excluding carboxylic acids is 14. The lowest BCUT2D eigenvalue weighted by molar-refractivity contribution is -0.147. The van der Waals surface area contributed by atoms with E-state index in [2.05, 4.69) is 80.7 Å². The fourth-order valence-corrected chi connectivity index (χ4v) is 19.1. The van der Waals surface area contributed by atoms with Crippen LogP contribution < -0.4 is 75.3 Å². The first-order valence-corrected chi connectivity index (χ1v) is 53.6. The number of fused-ring (bicyclic) bond motifs is 5. The van der Waals surface area contributed by atoms with Gasteiger partial charge in [-0.2, -0.15) is 23.5 Å². The minimum absolute atomic E-state index is 0.00739. The molecular weight excluding hydrogens is 1940 g/mol. The maximum absolute atomic E-state index is 15.6. The van der Waals surface area contributed by atoms with Crippen molar-refractivity contribution in [2.45, 2.75) is 291 Å². The number of phenolic OH excluding ortho intramolecular Hbond substituents is 1. The number of halogens is 2. The first-order valence-electron chi connectivity index (χ1n) is 51.3. The van der Waals surface area contributed by atoms with Gasteiger partial charge in [-0.1, -0.05) is 120 Å². The van der Waals surface area contributed by atoms with Crippen LogP contribution in [-0.4, -0.2) is 282 Å². The molecule has 4 aromatic carbocycles. The number of aliphatic hydroxyl groups is 1. The monoisotopic (exact) mass is 2090 g/mol. The van der Waals surface area contributed by atoms with Gasteiger partial charge in [0.2, 0.25) is 82.7 Å². The summed E-state index contributed by atoms with van der Waals surface area (Å²) < 4.78 is 52.2. The molecule has 2 aliphatic rings. The van der Waals surface area contributed by atoms with Crippen LogP contribution in [0, 0.1) is 11.6 Å². The molecule has 8 rings (SSSR count). The number of amides is 14. The summed E-state index contributed by atoms with van der Waals surface area (Å²) in [5.41, 5.74) is 14.1. The summed E-state index contributed by atoms with van der Waals surface area (Å²) >= 11 is 2.77. The van der Waals surface area contributed by atoms with E-state index in [1.54, 1.807) is 6.20 Å². The lowest BCUT2D eigenvalue weighted by Crippen LogP contribution is -2.64. The van der Waals surface area contributed by atoms with Crippen LogP contribution in [0.1, 0.15) is 222 Å². The van der Waals surface area contributed by atoms with Gasteiger partial charge in [0, 0.05) is 115 Å². The van der Waals surface area contributed by atoms with Gasteiger partial charge in [-0.3, -0.25) is 67.1 Å². The highest BCUT2D eigenvalue weighted by molar-refractivity contribution is 7.98. The number of aliphatic hydroxyl groups excluding tert-OH is 1. The number of ether oxygens (including phenoxy) is 4. The minimum Gasteiger partial charge on any atom is -0.508 e. The molecule has 39 nitrogen and oxygen atoms in total. The van der Waals surface area contributed by atoms with Crippen LogP contribution in [-0.2, 0) is 122 Å². The molecule has 147 heavy (non-hydrogen) atoms. The Morgan fingerprint density at radius 2 is 1.07 bits per heavy atom. The summed E-state index contributed by atoms with van der Waals surface area (Å²) in [5, 5.41) is 64.7. The molecule has 21 N–H and O–H groups in total. The lowest BCUT2D eigenvalue weighted by Gasteiger charge is -2.37. The number of nitrogens with zero attached hydrogens (tertiary/aromatic N) is 1. The number of unbranched alkanes of at least 4 members (excludes halogenated alkanes) is 14. The number of thioether (sulfide) groups is 2. The zero-order valence-electron chi connectivity index (χ0n) is 84.8. The van der Waals surface area contributed by atoms with Crippen molar-refractivity contribution >= 4 is 134 Å². The number of aromatic amines is 2. The van der Waals surface area contributed by atoms with Crippen LogP contribution >= 0.6 is 23.5 Å². The van der Waals surface area contributed by atoms with Gasteiger partial charge in [0.1, 0.15) is 90.5 Å². The number of nitrogens with two attached hydrogens (primary N) is 2. The van der Waals surface area contributed by atoms with Gasteiger partial charge in [-0.15, -0.1) is 0 Å². The van der Waals surface area contributed by atoms with E-state index in [1.807, 2.05) is 24.3 Å². The quantitative estimate of drug-likeness (QED) is 0.0186. The predicted molar refractivity (Wildman–Crippen MR) is 553 cm³/mol. The number of hydrogen-bond acceptors (Lipinski definition) is 24. The predicted octanol–water partition coefficient (Wildman–Crippen LogP) is 6.31. The van der Waals surface area contributed by atoms with Gasteiger partial charge in [0.15, 0.2) is 0 Å². The molecule has 0 saturated carbocycles. The molecule has 2 bridgehead atoms. The topological polar surface area (TPSA) is 585 Å². The number of aromatic hydroxyl groups is 1. The highest BCUT2D eigenvalue weighted by Gasteiger charge is 2.49. The molecule has 43 heteroatoms. The third kappa shape index (κ3) is 43.5. The van der Waals surface area contributed by atoms with Crippen molar-refractivity contribution < 1.29 is 115 Å². The van der Waals surface area contributed by atoms with E-state index in [0.717, 1.165) is 30.4 Å². The van der Waals surface area contributed by atoms with Crippen molar-refractivity contribution in [2.75, 3.05) is 97.1 Å². The second-order valence-electron chi connectivity index (χ2n) is 37.5. The summed E-state index contributed by atoms with van der Waals surface area (Å²) in [7, 11) is 0. The Morgan fingerprint density at radius 3 is 1.69 bits per heavy atom. The van der Waals surface area contributed by atoms with Crippen molar-refractivity contribution in [3.8, 4) is 5.75 Å². The van der Waals surface area contributed by atoms with Gasteiger partial charge >= 0.3 is 5.97 Å². The van der Waals surface area contributed by atoms with E-state index in [1.165, 1.54) is 174 Å². The molecule has 14 amide bonds. The SMILES string of the molecule is CCCCCCCCCCCCCCCC(=O)N[C@@H](CCC(=O)NCCOCCOCC(=O)NCCOCCOCC(=O)NCCCC[C@@H]1NC(=O)[C@H](Cc2c[nH]c3ccc(F)cc23)NC(=O)[C@H](CCc2c[nH]c3ccc(F)cc23)NC(=O)[C@@H](C)NC(=O)[C@H](CCCCN)NC(=O)CCSCc2cccc(c2)CSC[C@@H](C(N)=O)NC(=O)[C@]2(C)CCCN2C(=O)[C@H](Cc2ccc(O)cc2)NC(=O)[C@H]([C@@H](C)O)NC1=O)C(=O)O. The second kappa shape index (κ2) is 65.8. The molecule has 11 atom stereocenters. The summed E-state index contributed by atoms with van der Waals surface area (Å²) in [6.07, 6.45) is 16.7. The molecule has 810 valence electrons. The number of aromatic nitrogens is 2. The van der Waals surface area contributed by atoms with Crippen LogP contribution in [0.15, 0.2) is 97.3 Å². The van der Waals surface area contributed by atoms with Crippen molar-refractivity contribution in [1.82, 2.24) is 78.7 Å². The van der Waals surface area contributed by atoms with E-state index < -0.39 is 173 Å². The fourth-order valence-electron chi connectivity index (χ4n) is 17.2. The molecule has 4 heterocycles. The molecule has 1 saturated heterocycles. The zero-order valence-corrected chi connectivity index (χ0v) is 86.4. The number of rotatable bonds is 53. The van der Waals surface area contributed by atoms with Gasteiger partial charge in [0.05, 0.1) is 45.7 Å². The Labute approximate surface area is 865 Å². The summed E-state index contributed by atoms with van der Waals surface area (Å²) in [5.74, 6) is -11.9. The average Bonchev–Trinajstić information content (AvgIpc) is 1.68. The van der Waals surface area contributed by atoms with Crippen molar-refractivity contribution in [1.29, 1.82) is 0 Å². The number of nitrogens with one attached hydrogen (secondary N) is 14. The van der Waals surface area contributed by atoms with Crippen molar-refractivity contribution in [3.05, 3.63) is 137 Å². The average molecular weight is 2090 g/mol. The molecule has 0 aliphatic carbocycles. The van der Waals surface area contributed by atoms with Crippen LogP contribution in [0.5, 0.6) is 5.75 Å². The summed E-state index contributed by atoms with van der Waals surface area (Å²) in [6, 6.07) is 7.69. The molecule has 2 aromatic heterocycles. The number of aryl methyl sites for hydroxylation is 1. The zero-order chi connectivity index (χ0) is 106. The number of carboxylic acids is 1. The van der Waals surface area contributed by atoms with Crippen molar-refractivity contribution in [3.63, 3.8) is 0 Å². The number of carboxylic acid groups (broad SMARTS) is 1. The molecule has 0 unspecified atom stereocenters. The maximum Gasteiger partial charge on any atom is 0.326 e. The van der Waals surface area contributed by atoms with E-state index >= 15 is 28.4 Å². The highest BCUT2D eigenvalue weighted by Crippen LogP contribution is 2.33. The smallest absolute Gasteiger partial charge is 0.326 e. The number of benzene rings is 4. The molecule has 2 aliphatic heterocycles. The van der Waals surface area contributed by atoms with E-state index in [0.29, 0.717) is 64.1 Å². The lowest BCUT2D eigenvalue weighted by atomic mass is 9.95. The highest BCUT2D eigenvalue weighted by atomic mass is 32.2. The Bertz CT molecular complexity index is 5230. The van der Waals surface area contributed by atoms with Gasteiger partial charge in [0.25, 0.3) is 0 Å². The standard InChI is InChI=1S/C104H151F2N17O22S2/c1-5-6-7-8-9-10-11-12-13-14-15-16-17-28-89(127)116-84(102(139)140)39-40-88(126)110-45-48-142-50-53-145-63-92(130)111-46-49-143-51-52-144-62-91(129)109-44-21-19-27-82-98(135)122-93(68(3)124)100(137)120-86(56-69-29-34-76(125)35-30-69)101(138)123-47-23-42-104(123,4)103(141)121-87(94(108)131)66-147-65-71-25-22-24-70(55-71)64-146-54-41-90(128)115-81(26-18-20-43-107)96(133)114-67(2)95(132)117-83(36-31-72-60-112-79-37-32-74(105)58-77(72)79)97(134)119-85(99(136)118-82)57-73-61-113-80-38-33-75(106)59-78(73)80/h22,24-25,29-30,32-35,37-38,55,58-61,67-68,81-87,93,112-113,124-125H,5-21,23,26-28,31,36,39-54,56-57,62-66,107H2,1-4H3,(H2,108,131)(H,109,129)(H,110,126)(H,111,130)(H,114,133)(H,115,128)(H,116,127)(H,117,132)(H,118,136)(H,119,134)(H,120,137)(H,121,141)(H,122,135)(H,139,140)/t67-,68-,81+,82+,83+,84+,85+,86+,87+,93+,104+/m1/s1. The number of carbonyl (C=O) groups is 15. The van der Waals surface area contributed by atoms with E-state index in [9.17, 15) is 67.7 Å².